The van der Waals surface area contributed by atoms with Crippen molar-refractivity contribution in [2.45, 2.75) is 19.4 Å². The lowest BCUT2D eigenvalue weighted by Gasteiger charge is -2.14. The van der Waals surface area contributed by atoms with Crippen LogP contribution in [0.3, 0.4) is 0 Å². The zero-order valence-electron chi connectivity index (χ0n) is 19.8. The van der Waals surface area contributed by atoms with Crippen molar-refractivity contribution in [1.29, 1.82) is 0 Å². The Balaban J connectivity index is 1.89. The van der Waals surface area contributed by atoms with E-state index in [1.165, 1.54) is 11.3 Å². The van der Waals surface area contributed by atoms with Crippen LogP contribution in [0.1, 0.15) is 24.0 Å². The molecule has 0 spiro atoms. The predicted molar refractivity (Wildman–Crippen MR) is 135 cm³/mol. The van der Waals surface area contributed by atoms with Crippen molar-refractivity contribution >= 4 is 33.4 Å². The summed E-state index contributed by atoms with van der Waals surface area (Å²) in [5.41, 5.74) is 2.38. The number of rotatable bonds is 8. The number of carbonyl (C=O) groups excluding carboxylic acids is 2. The summed E-state index contributed by atoms with van der Waals surface area (Å²) in [6.07, 6.45) is 0. The maximum absolute atomic E-state index is 13.7. The standard InChI is InChI=1S/C27H26N2O5S/c1-4-34-24(30)17-29-20-15-21(32-2)22(33-3)16-23(20)35-27(29)28-26(31)25(18-11-7-5-8-12-18)19-13-9-6-10-14-19/h5-16,25H,4,17H2,1-3H3. The minimum Gasteiger partial charge on any atom is -0.493 e. The number of carbonyl (C=O) groups is 2. The Labute approximate surface area is 207 Å². The van der Waals surface area contributed by atoms with Crippen molar-refractivity contribution in [2.75, 3.05) is 20.8 Å². The molecule has 0 bridgehead atoms. The summed E-state index contributed by atoms with van der Waals surface area (Å²) >= 11 is 1.30. The first kappa shape index (κ1) is 24.2. The van der Waals surface area contributed by atoms with Crippen LogP contribution < -0.4 is 14.3 Å². The highest BCUT2D eigenvalue weighted by Crippen LogP contribution is 2.33. The highest BCUT2D eigenvalue weighted by Gasteiger charge is 2.23. The Hall–Kier alpha value is -3.91. The van der Waals surface area contributed by atoms with E-state index in [1.54, 1.807) is 31.8 Å². The Morgan fingerprint density at radius 1 is 0.914 bits per heavy atom. The summed E-state index contributed by atoms with van der Waals surface area (Å²) in [6, 6.07) is 22.7. The van der Waals surface area contributed by atoms with Crippen molar-refractivity contribution < 1.29 is 23.8 Å². The van der Waals surface area contributed by atoms with Gasteiger partial charge in [-0.15, -0.1) is 0 Å². The second-order valence-corrected chi connectivity index (χ2v) is 8.66. The topological polar surface area (TPSA) is 79.1 Å². The highest BCUT2D eigenvalue weighted by atomic mass is 32.1. The molecule has 35 heavy (non-hydrogen) atoms. The van der Waals surface area contributed by atoms with E-state index < -0.39 is 11.9 Å². The summed E-state index contributed by atoms with van der Waals surface area (Å²) < 4.78 is 18.5. The fourth-order valence-corrected chi connectivity index (χ4v) is 4.94. The Morgan fingerprint density at radius 2 is 1.49 bits per heavy atom. The van der Waals surface area contributed by atoms with Crippen molar-refractivity contribution in [2.24, 2.45) is 4.99 Å². The van der Waals surface area contributed by atoms with E-state index in [2.05, 4.69) is 4.99 Å². The SMILES string of the molecule is CCOC(=O)Cn1c(=NC(=O)C(c2ccccc2)c2ccccc2)sc2cc(OC)c(OC)cc21. The lowest BCUT2D eigenvalue weighted by atomic mass is 9.91. The number of ether oxygens (including phenoxy) is 3. The monoisotopic (exact) mass is 490 g/mol. The molecule has 8 heteroatoms. The second kappa shape index (κ2) is 11.0. The highest BCUT2D eigenvalue weighted by molar-refractivity contribution is 7.16. The van der Waals surface area contributed by atoms with Crippen LogP contribution >= 0.6 is 11.3 Å². The minimum atomic E-state index is -0.581. The minimum absolute atomic E-state index is 0.0865. The molecule has 0 saturated carbocycles. The molecule has 0 aliphatic carbocycles. The van der Waals surface area contributed by atoms with E-state index in [-0.39, 0.29) is 19.1 Å². The number of thiazole rings is 1. The first-order valence-corrected chi connectivity index (χ1v) is 12.0. The quantitative estimate of drug-likeness (QED) is 0.339. The molecule has 0 radical (unpaired) electrons. The van der Waals surface area contributed by atoms with Gasteiger partial charge in [-0.25, -0.2) is 0 Å². The Bertz CT molecular complexity index is 1350. The van der Waals surface area contributed by atoms with Crippen LogP contribution in [-0.4, -0.2) is 37.3 Å². The summed E-state index contributed by atoms with van der Waals surface area (Å²) in [5.74, 6) is -0.264. The lowest BCUT2D eigenvalue weighted by molar-refractivity contribution is -0.143. The number of amides is 1. The number of benzene rings is 3. The van der Waals surface area contributed by atoms with Crippen molar-refractivity contribution in [3.05, 3.63) is 88.7 Å². The van der Waals surface area contributed by atoms with Gasteiger partial charge in [-0.1, -0.05) is 72.0 Å². The smallest absolute Gasteiger partial charge is 0.326 e. The Kier molecular flexibility index (Phi) is 7.62. The molecule has 7 nitrogen and oxygen atoms in total. The molecule has 0 saturated heterocycles. The first-order valence-electron chi connectivity index (χ1n) is 11.1. The molecule has 0 aliphatic heterocycles. The van der Waals surface area contributed by atoms with E-state index in [0.29, 0.717) is 21.8 Å². The predicted octanol–water partition coefficient (Wildman–Crippen LogP) is 4.54. The van der Waals surface area contributed by atoms with E-state index in [0.717, 1.165) is 15.8 Å². The van der Waals surface area contributed by atoms with Gasteiger partial charge in [0.05, 0.1) is 37.0 Å². The third kappa shape index (κ3) is 5.27. The maximum atomic E-state index is 13.7. The fraction of sp³-hybridized carbons (Fsp3) is 0.222. The van der Waals surface area contributed by atoms with E-state index >= 15 is 0 Å². The number of nitrogens with zero attached hydrogens (tertiary/aromatic N) is 2. The average Bonchev–Trinajstić information content (AvgIpc) is 3.20. The van der Waals surface area contributed by atoms with Gasteiger partial charge in [0.25, 0.3) is 5.91 Å². The number of esters is 1. The summed E-state index contributed by atoms with van der Waals surface area (Å²) in [7, 11) is 3.11. The van der Waals surface area contributed by atoms with Gasteiger partial charge in [0, 0.05) is 12.1 Å². The largest absolute Gasteiger partial charge is 0.493 e. The molecule has 0 unspecified atom stereocenters. The van der Waals surface area contributed by atoms with E-state index in [4.69, 9.17) is 14.2 Å². The number of methoxy groups -OCH3 is 2. The molecule has 1 heterocycles. The van der Waals surface area contributed by atoms with Gasteiger partial charge in [-0.2, -0.15) is 4.99 Å². The van der Waals surface area contributed by atoms with Gasteiger partial charge >= 0.3 is 5.97 Å². The van der Waals surface area contributed by atoms with Crippen LogP contribution in [0.5, 0.6) is 11.5 Å². The summed E-state index contributed by atoms with van der Waals surface area (Å²) in [5, 5.41) is 0. The molecule has 180 valence electrons. The molecule has 0 N–H and O–H groups in total. The molecule has 1 amide bonds. The second-order valence-electron chi connectivity index (χ2n) is 7.66. The van der Waals surface area contributed by atoms with Crippen molar-refractivity contribution in [3.8, 4) is 11.5 Å². The number of hydrogen-bond acceptors (Lipinski definition) is 6. The average molecular weight is 491 g/mol. The van der Waals surface area contributed by atoms with Crippen molar-refractivity contribution in [1.82, 2.24) is 4.57 Å². The van der Waals surface area contributed by atoms with Crippen molar-refractivity contribution in [3.63, 3.8) is 0 Å². The molecule has 0 atom stereocenters. The third-order valence-electron chi connectivity index (χ3n) is 5.50. The third-order valence-corrected chi connectivity index (χ3v) is 6.54. The maximum Gasteiger partial charge on any atom is 0.326 e. The van der Waals surface area contributed by atoms with Crippen LogP contribution in [-0.2, 0) is 20.9 Å². The molecule has 4 rings (SSSR count). The molecule has 3 aromatic carbocycles. The molecular weight excluding hydrogens is 464 g/mol. The zero-order chi connectivity index (χ0) is 24.8. The van der Waals surface area contributed by atoms with Gasteiger partial charge in [0.2, 0.25) is 0 Å². The summed E-state index contributed by atoms with van der Waals surface area (Å²) in [6.45, 7) is 1.92. The molecule has 4 aromatic rings. The Morgan fingerprint density at radius 3 is 2.03 bits per heavy atom. The van der Waals surface area contributed by atoms with Gasteiger partial charge in [-0.3, -0.25) is 9.59 Å². The first-order chi connectivity index (χ1) is 17.0. The number of aromatic nitrogens is 1. The fourth-order valence-electron chi connectivity index (χ4n) is 3.90. The number of hydrogen-bond donors (Lipinski definition) is 0. The van der Waals surface area contributed by atoms with Crippen LogP contribution in [0.25, 0.3) is 10.2 Å². The zero-order valence-corrected chi connectivity index (χ0v) is 20.6. The van der Waals surface area contributed by atoms with Gasteiger partial charge in [-0.05, 0) is 18.1 Å². The van der Waals surface area contributed by atoms with Crippen LogP contribution in [0.4, 0.5) is 0 Å². The van der Waals surface area contributed by atoms with E-state index in [9.17, 15) is 9.59 Å². The van der Waals surface area contributed by atoms with Gasteiger partial charge < -0.3 is 18.8 Å². The van der Waals surface area contributed by atoms with Gasteiger partial charge in [0.1, 0.15) is 6.54 Å². The summed E-state index contributed by atoms with van der Waals surface area (Å²) in [4.78, 5) is 31.0. The number of fused-ring (bicyclic) bond motifs is 1. The molecular formula is C27H26N2O5S. The normalized spacial score (nSPS) is 11.6. The van der Waals surface area contributed by atoms with Gasteiger partial charge in [0.15, 0.2) is 16.3 Å². The van der Waals surface area contributed by atoms with Crippen LogP contribution in [0.15, 0.2) is 77.8 Å². The lowest BCUT2D eigenvalue weighted by Crippen LogP contribution is -2.24. The van der Waals surface area contributed by atoms with E-state index in [1.807, 2.05) is 66.7 Å². The van der Waals surface area contributed by atoms with Crippen LogP contribution in [0.2, 0.25) is 0 Å². The molecule has 1 aromatic heterocycles. The molecule has 0 fully saturated rings. The van der Waals surface area contributed by atoms with Crippen LogP contribution in [0, 0.1) is 0 Å². The molecule has 0 aliphatic rings.